The van der Waals surface area contributed by atoms with Gasteiger partial charge in [-0.05, 0) is 45.2 Å². The van der Waals surface area contributed by atoms with Gasteiger partial charge in [-0.15, -0.1) is 0 Å². The SMILES string of the molecule is N[C@@H]1CCN(C(=O)C2CCN(C3CCOCC3)CC2)C1. The molecule has 3 saturated heterocycles. The highest BCUT2D eigenvalue weighted by Crippen LogP contribution is 2.25. The van der Waals surface area contributed by atoms with Crippen molar-refractivity contribution in [3.05, 3.63) is 0 Å². The van der Waals surface area contributed by atoms with E-state index >= 15 is 0 Å². The lowest BCUT2D eigenvalue weighted by Crippen LogP contribution is -2.47. The summed E-state index contributed by atoms with van der Waals surface area (Å²) in [6.45, 7) is 5.56. The van der Waals surface area contributed by atoms with Crippen LogP contribution in [0.3, 0.4) is 0 Å². The van der Waals surface area contributed by atoms with Gasteiger partial charge in [-0.3, -0.25) is 4.79 Å². The second-order valence-electron chi connectivity index (χ2n) is 6.49. The van der Waals surface area contributed by atoms with E-state index in [9.17, 15) is 4.79 Å². The molecule has 114 valence electrons. The van der Waals surface area contributed by atoms with E-state index in [4.69, 9.17) is 10.5 Å². The molecule has 5 heteroatoms. The molecule has 5 nitrogen and oxygen atoms in total. The van der Waals surface area contributed by atoms with Crippen LogP contribution >= 0.6 is 0 Å². The van der Waals surface area contributed by atoms with Crippen molar-refractivity contribution in [3.63, 3.8) is 0 Å². The van der Waals surface area contributed by atoms with E-state index in [1.54, 1.807) is 0 Å². The van der Waals surface area contributed by atoms with Crippen LogP contribution in [0, 0.1) is 5.92 Å². The molecule has 0 aromatic heterocycles. The van der Waals surface area contributed by atoms with Gasteiger partial charge < -0.3 is 20.3 Å². The number of ether oxygens (including phenoxy) is 1. The number of nitrogens with zero attached hydrogens (tertiary/aromatic N) is 2. The molecule has 0 aromatic rings. The summed E-state index contributed by atoms with van der Waals surface area (Å²) >= 11 is 0. The van der Waals surface area contributed by atoms with Crippen molar-refractivity contribution < 1.29 is 9.53 Å². The van der Waals surface area contributed by atoms with Crippen LogP contribution < -0.4 is 5.73 Å². The molecule has 0 aliphatic carbocycles. The Labute approximate surface area is 121 Å². The second-order valence-corrected chi connectivity index (χ2v) is 6.49. The Morgan fingerprint density at radius 1 is 1.00 bits per heavy atom. The van der Waals surface area contributed by atoms with Gasteiger partial charge in [0.15, 0.2) is 0 Å². The first-order valence-electron chi connectivity index (χ1n) is 8.10. The van der Waals surface area contributed by atoms with Crippen LogP contribution in [-0.2, 0) is 9.53 Å². The zero-order valence-electron chi connectivity index (χ0n) is 12.3. The average Bonchev–Trinajstić information content (AvgIpc) is 2.94. The first-order valence-corrected chi connectivity index (χ1v) is 8.10. The average molecular weight is 281 g/mol. The molecule has 0 aromatic carbocycles. The number of hydrogen-bond acceptors (Lipinski definition) is 4. The highest BCUT2D eigenvalue weighted by atomic mass is 16.5. The molecule has 20 heavy (non-hydrogen) atoms. The van der Waals surface area contributed by atoms with Gasteiger partial charge in [0.05, 0.1) is 0 Å². The van der Waals surface area contributed by atoms with Crippen LogP contribution in [0.5, 0.6) is 0 Å². The number of carbonyl (C=O) groups excluding carboxylic acids is 1. The Morgan fingerprint density at radius 2 is 1.70 bits per heavy atom. The molecule has 3 aliphatic heterocycles. The summed E-state index contributed by atoms with van der Waals surface area (Å²) in [7, 11) is 0. The molecule has 3 rings (SSSR count). The van der Waals surface area contributed by atoms with Crippen molar-refractivity contribution >= 4 is 5.91 Å². The largest absolute Gasteiger partial charge is 0.381 e. The highest BCUT2D eigenvalue weighted by Gasteiger charge is 2.33. The molecular formula is C15H27N3O2. The first-order chi connectivity index (χ1) is 9.74. The maximum atomic E-state index is 12.5. The lowest BCUT2D eigenvalue weighted by molar-refractivity contribution is -0.136. The monoisotopic (exact) mass is 281 g/mol. The summed E-state index contributed by atoms with van der Waals surface area (Å²) in [4.78, 5) is 17.0. The number of carbonyl (C=O) groups is 1. The van der Waals surface area contributed by atoms with E-state index in [0.29, 0.717) is 11.9 Å². The number of nitrogens with two attached hydrogens (primary N) is 1. The van der Waals surface area contributed by atoms with Gasteiger partial charge in [-0.25, -0.2) is 0 Å². The molecule has 2 N–H and O–H groups in total. The fraction of sp³-hybridized carbons (Fsp3) is 0.933. The van der Waals surface area contributed by atoms with E-state index < -0.39 is 0 Å². The van der Waals surface area contributed by atoms with Gasteiger partial charge in [0.1, 0.15) is 0 Å². The van der Waals surface area contributed by atoms with Gasteiger partial charge in [-0.2, -0.15) is 0 Å². The minimum absolute atomic E-state index is 0.196. The summed E-state index contributed by atoms with van der Waals surface area (Å²) in [5.41, 5.74) is 5.90. The molecule has 0 unspecified atom stereocenters. The number of likely N-dealkylation sites (tertiary alicyclic amines) is 2. The fourth-order valence-electron chi connectivity index (χ4n) is 3.81. The number of amides is 1. The van der Waals surface area contributed by atoms with Crippen molar-refractivity contribution in [2.24, 2.45) is 11.7 Å². The van der Waals surface area contributed by atoms with Crippen LogP contribution in [0.1, 0.15) is 32.1 Å². The smallest absolute Gasteiger partial charge is 0.225 e. The van der Waals surface area contributed by atoms with Crippen molar-refractivity contribution in [3.8, 4) is 0 Å². The van der Waals surface area contributed by atoms with E-state index in [1.807, 2.05) is 4.90 Å². The highest BCUT2D eigenvalue weighted by molar-refractivity contribution is 5.79. The summed E-state index contributed by atoms with van der Waals surface area (Å²) in [6, 6.07) is 0.876. The third-order valence-corrected chi connectivity index (χ3v) is 5.12. The van der Waals surface area contributed by atoms with E-state index in [2.05, 4.69) is 4.90 Å². The van der Waals surface area contributed by atoms with Crippen molar-refractivity contribution in [1.29, 1.82) is 0 Å². The summed E-state index contributed by atoms with van der Waals surface area (Å²) < 4.78 is 5.43. The topological polar surface area (TPSA) is 58.8 Å². The summed E-state index contributed by atoms with van der Waals surface area (Å²) in [6.07, 6.45) is 5.30. The Bertz CT molecular complexity index is 336. The van der Waals surface area contributed by atoms with Crippen molar-refractivity contribution in [2.45, 2.75) is 44.2 Å². The minimum atomic E-state index is 0.196. The maximum absolute atomic E-state index is 12.5. The van der Waals surface area contributed by atoms with E-state index in [0.717, 1.165) is 71.5 Å². The maximum Gasteiger partial charge on any atom is 0.225 e. The lowest BCUT2D eigenvalue weighted by Gasteiger charge is -2.39. The predicted octanol–water partition coefficient (Wildman–Crippen LogP) is 0.437. The number of hydrogen-bond donors (Lipinski definition) is 1. The normalized spacial score (nSPS) is 30.9. The van der Waals surface area contributed by atoms with Gasteiger partial charge in [0.2, 0.25) is 5.91 Å². The molecule has 0 saturated carbocycles. The molecule has 1 amide bonds. The fourth-order valence-corrected chi connectivity index (χ4v) is 3.81. The zero-order chi connectivity index (χ0) is 13.9. The molecule has 0 bridgehead atoms. The van der Waals surface area contributed by atoms with Gasteiger partial charge >= 0.3 is 0 Å². The quantitative estimate of drug-likeness (QED) is 0.798. The third-order valence-electron chi connectivity index (χ3n) is 5.12. The second kappa shape index (κ2) is 6.41. The minimum Gasteiger partial charge on any atom is -0.381 e. The Hall–Kier alpha value is -0.650. The molecule has 3 fully saturated rings. The third kappa shape index (κ3) is 3.15. The molecular weight excluding hydrogens is 254 g/mol. The number of rotatable bonds is 2. The standard InChI is InChI=1S/C15H27N3O2/c16-13-3-8-18(11-13)15(19)12-1-6-17(7-2-12)14-4-9-20-10-5-14/h12-14H,1-11,16H2/t13-/m1/s1. The van der Waals surface area contributed by atoms with E-state index in [1.165, 1.54) is 0 Å². The molecule has 0 spiro atoms. The Morgan fingerprint density at radius 3 is 2.30 bits per heavy atom. The van der Waals surface area contributed by atoms with Gasteiger partial charge in [-0.1, -0.05) is 0 Å². The molecule has 3 aliphatic rings. The van der Waals surface area contributed by atoms with Crippen LogP contribution in [-0.4, -0.2) is 67.2 Å². The van der Waals surface area contributed by atoms with Gasteiger partial charge in [0.25, 0.3) is 0 Å². The lowest BCUT2D eigenvalue weighted by atomic mass is 9.93. The zero-order valence-corrected chi connectivity index (χ0v) is 12.3. The van der Waals surface area contributed by atoms with E-state index in [-0.39, 0.29) is 12.0 Å². The van der Waals surface area contributed by atoms with Crippen LogP contribution in [0.25, 0.3) is 0 Å². The van der Waals surface area contributed by atoms with Gasteiger partial charge in [0, 0.05) is 44.3 Å². The first kappa shape index (κ1) is 14.3. The number of piperidine rings is 1. The molecule has 1 atom stereocenters. The van der Waals surface area contributed by atoms with Crippen molar-refractivity contribution in [1.82, 2.24) is 9.80 Å². The van der Waals surface area contributed by atoms with Crippen LogP contribution in [0.2, 0.25) is 0 Å². The summed E-state index contributed by atoms with van der Waals surface area (Å²) in [5.74, 6) is 0.584. The van der Waals surface area contributed by atoms with Crippen molar-refractivity contribution in [2.75, 3.05) is 39.4 Å². The molecule has 3 heterocycles. The molecule has 0 radical (unpaired) electrons. The van der Waals surface area contributed by atoms with Crippen LogP contribution in [0.15, 0.2) is 0 Å². The Balaban J connectivity index is 1.47. The van der Waals surface area contributed by atoms with Crippen LogP contribution in [0.4, 0.5) is 0 Å². The Kier molecular flexibility index (Phi) is 4.58. The summed E-state index contributed by atoms with van der Waals surface area (Å²) in [5, 5.41) is 0. The predicted molar refractivity (Wildman–Crippen MR) is 77.3 cm³/mol.